The number of benzene rings is 1. The van der Waals surface area contributed by atoms with E-state index in [2.05, 4.69) is 27.1 Å². The molecule has 0 bridgehead atoms. The van der Waals surface area contributed by atoms with Crippen LogP contribution in [-0.2, 0) is 13.0 Å². The lowest BCUT2D eigenvalue weighted by Crippen LogP contribution is -2.31. The van der Waals surface area contributed by atoms with Crippen molar-refractivity contribution in [3.63, 3.8) is 0 Å². The summed E-state index contributed by atoms with van der Waals surface area (Å²) in [5.41, 5.74) is 3.20. The van der Waals surface area contributed by atoms with Crippen molar-refractivity contribution in [2.24, 2.45) is 0 Å². The second kappa shape index (κ2) is 7.49. The van der Waals surface area contributed by atoms with Crippen LogP contribution in [-0.4, -0.2) is 42.2 Å². The molecule has 0 amide bonds. The molecule has 24 heavy (non-hydrogen) atoms. The molecule has 0 spiro atoms. The summed E-state index contributed by atoms with van der Waals surface area (Å²) in [4.78, 5) is 11.6. The molecule has 6 nitrogen and oxygen atoms in total. The van der Waals surface area contributed by atoms with Gasteiger partial charge in [-0.2, -0.15) is 0 Å². The predicted octanol–water partition coefficient (Wildman–Crippen LogP) is 3.01. The summed E-state index contributed by atoms with van der Waals surface area (Å²) >= 11 is 0. The zero-order valence-corrected chi connectivity index (χ0v) is 14.5. The highest BCUT2D eigenvalue weighted by Gasteiger charge is 2.17. The van der Waals surface area contributed by atoms with E-state index in [1.54, 1.807) is 14.2 Å². The zero-order valence-electron chi connectivity index (χ0n) is 14.5. The Morgan fingerprint density at radius 2 is 1.92 bits per heavy atom. The minimum absolute atomic E-state index is 0.605. The van der Waals surface area contributed by atoms with Gasteiger partial charge in [-0.25, -0.2) is 9.97 Å². The average molecular weight is 328 g/mol. The Labute approximate surface area is 142 Å². The normalized spacial score (nSPS) is 14.1. The van der Waals surface area contributed by atoms with Gasteiger partial charge in [-0.1, -0.05) is 6.92 Å². The Kier molecular flexibility index (Phi) is 5.15. The van der Waals surface area contributed by atoms with Gasteiger partial charge in [0.1, 0.15) is 11.5 Å². The molecule has 2 aromatic rings. The van der Waals surface area contributed by atoms with E-state index in [0.29, 0.717) is 5.95 Å². The molecule has 1 aliphatic rings. The molecule has 2 heterocycles. The standard InChI is InChI=1S/C18H24N4O2/c1-4-6-22-7-5-17-13(12-22)11-19-18(21-17)20-14-8-15(23-2)10-16(9-14)24-3/h8-11H,4-7,12H2,1-3H3,(H,19,20,21). The smallest absolute Gasteiger partial charge is 0.227 e. The third kappa shape index (κ3) is 3.76. The number of rotatable bonds is 6. The molecule has 1 aromatic carbocycles. The van der Waals surface area contributed by atoms with Crippen LogP contribution in [0.2, 0.25) is 0 Å². The first-order valence-electron chi connectivity index (χ1n) is 8.29. The molecule has 3 rings (SSSR count). The minimum atomic E-state index is 0.605. The van der Waals surface area contributed by atoms with E-state index in [-0.39, 0.29) is 0 Å². The summed E-state index contributed by atoms with van der Waals surface area (Å²) in [5, 5.41) is 3.24. The second-order valence-corrected chi connectivity index (χ2v) is 5.92. The van der Waals surface area contributed by atoms with E-state index >= 15 is 0 Å². The summed E-state index contributed by atoms with van der Waals surface area (Å²) in [6, 6.07) is 5.63. The fourth-order valence-electron chi connectivity index (χ4n) is 2.95. The van der Waals surface area contributed by atoms with Crippen LogP contribution in [0.1, 0.15) is 24.6 Å². The number of anilines is 2. The topological polar surface area (TPSA) is 59.5 Å². The van der Waals surface area contributed by atoms with Crippen LogP contribution in [0.3, 0.4) is 0 Å². The first-order valence-corrected chi connectivity index (χ1v) is 8.29. The van der Waals surface area contributed by atoms with Crippen molar-refractivity contribution in [3.05, 3.63) is 35.7 Å². The lowest BCUT2D eigenvalue weighted by molar-refractivity contribution is 0.252. The predicted molar refractivity (Wildman–Crippen MR) is 94.1 cm³/mol. The molecular weight excluding hydrogens is 304 g/mol. The minimum Gasteiger partial charge on any atom is -0.497 e. The van der Waals surface area contributed by atoms with Crippen LogP contribution >= 0.6 is 0 Å². The van der Waals surface area contributed by atoms with Crippen LogP contribution in [0.4, 0.5) is 11.6 Å². The van der Waals surface area contributed by atoms with Gasteiger partial charge in [0, 0.05) is 55.2 Å². The van der Waals surface area contributed by atoms with Gasteiger partial charge in [0.15, 0.2) is 0 Å². The van der Waals surface area contributed by atoms with E-state index < -0.39 is 0 Å². The number of nitrogens with one attached hydrogen (secondary N) is 1. The Morgan fingerprint density at radius 1 is 1.17 bits per heavy atom. The number of nitrogens with zero attached hydrogens (tertiary/aromatic N) is 3. The maximum atomic E-state index is 5.29. The monoisotopic (exact) mass is 328 g/mol. The molecule has 0 atom stereocenters. The number of ether oxygens (including phenoxy) is 2. The Balaban J connectivity index is 1.77. The lowest BCUT2D eigenvalue weighted by atomic mass is 10.1. The Morgan fingerprint density at radius 3 is 2.58 bits per heavy atom. The molecular formula is C18H24N4O2. The molecule has 1 N–H and O–H groups in total. The Bertz CT molecular complexity index is 683. The Hall–Kier alpha value is -2.34. The van der Waals surface area contributed by atoms with Crippen LogP contribution < -0.4 is 14.8 Å². The van der Waals surface area contributed by atoms with Gasteiger partial charge < -0.3 is 14.8 Å². The first-order chi connectivity index (χ1) is 11.7. The summed E-state index contributed by atoms with van der Waals surface area (Å²) in [6.45, 7) is 5.34. The molecule has 1 aromatic heterocycles. The summed E-state index contributed by atoms with van der Waals surface area (Å²) < 4.78 is 10.6. The van der Waals surface area contributed by atoms with Crippen molar-refractivity contribution in [3.8, 4) is 11.5 Å². The van der Waals surface area contributed by atoms with Gasteiger partial charge in [-0.3, -0.25) is 4.90 Å². The summed E-state index contributed by atoms with van der Waals surface area (Å²) in [5.74, 6) is 2.06. The van der Waals surface area contributed by atoms with Crippen LogP contribution in [0.5, 0.6) is 11.5 Å². The number of aromatic nitrogens is 2. The molecule has 128 valence electrons. The highest BCUT2D eigenvalue weighted by atomic mass is 16.5. The molecule has 6 heteroatoms. The molecule has 0 unspecified atom stereocenters. The third-order valence-corrected chi connectivity index (χ3v) is 4.16. The van der Waals surface area contributed by atoms with E-state index in [9.17, 15) is 0 Å². The molecule has 0 radical (unpaired) electrons. The van der Waals surface area contributed by atoms with Gasteiger partial charge >= 0.3 is 0 Å². The van der Waals surface area contributed by atoms with Gasteiger partial charge in [-0.05, 0) is 13.0 Å². The number of hydrogen-bond acceptors (Lipinski definition) is 6. The fraction of sp³-hybridized carbons (Fsp3) is 0.444. The van der Waals surface area contributed by atoms with Gasteiger partial charge in [0.25, 0.3) is 0 Å². The van der Waals surface area contributed by atoms with Crippen molar-refractivity contribution in [1.82, 2.24) is 14.9 Å². The summed E-state index contributed by atoms with van der Waals surface area (Å²) in [7, 11) is 3.27. The summed E-state index contributed by atoms with van der Waals surface area (Å²) in [6.07, 6.45) is 4.07. The molecule has 1 aliphatic heterocycles. The van der Waals surface area contributed by atoms with E-state index in [4.69, 9.17) is 9.47 Å². The van der Waals surface area contributed by atoms with Gasteiger partial charge in [-0.15, -0.1) is 0 Å². The zero-order chi connectivity index (χ0) is 16.9. The second-order valence-electron chi connectivity index (χ2n) is 5.92. The SMILES string of the molecule is CCCN1CCc2nc(Nc3cc(OC)cc(OC)c3)ncc2C1. The maximum Gasteiger partial charge on any atom is 0.227 e. The first kappa shape index (κ1) is 16.5. The number of hydrogen-bond donors (Lipinski definition) is 1. The number of methoxy groups -OCH3 is 2. The van der Waals surface area contributed by atoms with Crippen molar-refractivity contribution in [2.75, 3.05) is 32.6 Å². The molecule has 0 aliphatic carbocycles. The van der Waals surface area contributed by atoms with Crippen molar-refractivity contribution in [2.45, 2.75) is 26.3 Å². The van der Waals surface area contributed by atoms with Crippen LogP contribution in [0.15, 0.2) is 24.4 Å². The van der Waals surface area contributed by atoms with Gasteiger partial charge in [0.05, 0.1) is 19.9 Å². The third-order valence-electron chi connectivity index (χ3n) is 4.16. The molecule has 0 saturated carbocycles. The van der Waals surface area contributed by atoms with Crippen molar-refractivity contribution < 1.29 is 9.47 Å². The van der Waals surface area contributed by atoms with Crippen molar-refractivity contribution >= 4 is 11.6 Å². The maximum absolute atomic E-state index is 5.29. The molecule has 0 fully saturated rings. The quantitative estimate of drug-likeness (QED) is 0.879. The van der Waals surface area contributed by atoms with E-state index in [0.717, 1.165) is 48.9 Å². The largest absolute Gasteiger partial charge is 0.497 e. The lowest BCUT2D eigenvalue weighted by Gasteiger charge is -2.27. The number of fused-ring (bicyclic) bond motifs is 1. The van der Waals surface area contributed by atoms with Crippen molar-refractivity contribution in [1.29, 1.82) is 0 Å². The molecule has 0 saturated heterocycles. The van der Waals surface area contributed by atoms with E-state index in [1.165, 1.54) is 12.0 Å². The van der Waals surface area contributed by atoms with Gasteiger partial charge in [0.2, 0.25) is 5.95 Å². The van der Waals surface area contributed by atoms with Crippen LogP contribution in [0.25, 0.3) is 0 Å². The highest BCUT2D eigenvalue weighted by molar-refractivity contribution is 5.59. The average Bonchev–Trinajstić information content (AvgIpc) is 2.61. The van der Waals surface area contributed by atoms with E-state index in [1.807, 2.05) is 24.4 Å². The fourth-order valence-corrected chi connectivity index (χ4v) is 2.95. The van der Waals surface area contributed by atoms with Crippen LogP contribution in [0, 0.1) is 0 Å². The highest BCUT2D eigenvalue weighted by Crippen LogP contribution is 2.27.